The van der Waals surface area contributed by atoms with Crippen molar-refractivity contribution in [2.24, 2.45) is 0 Å². The van der Waals surface area contributed by atoms with Crippen molar-refractivity contribution in [1.82, 2.24) is 0 Å². The van der Waals surface area contributed by atoms with E-state index in [0.717, 1.165) is 32.9 Å². The number of methoxy groups -OCH3 is 2. The monoisotopic (exact) mass is 820 g/mol. The lowest BCUT2D eigenvalue weighted by atomic mass is 9.98. The Bertz CT molecular complexity index is 1860. The van der Waals surface area contributed by atoms with Crippen molar-refractivity contribution in [3.8, 4) is 23.0 Å². The van der Waals surface area contributed by atoms with Crippen LogP contribution in [-0.4, -0.2) is 144 Å². The molecule has 0 bridgehead atoms. The number of carbonyl (C=O) groups excluding carboxylic acids is 5. The molecule has 316 valence electrons. The Morgan fingerprint density at radius 2 is 1.24 bits per heavy atom. The van der Waals surface area contributed by atoms with E-state index in [1.165, 1.54) is 62.8 Å². The molecule has 0 spiro atoms. The van der Waals surface area contributed by atoms with E-state index in [4.69, 9.17) is 47.4 Å². The topological polar surface area (TPSA) is 279 Å². The number of hydrogen-bond donors (Lipinski definition) is 5. The molecule has 2 aromatic carbocycles. The number of esters is 5. The Hall–Kier alpha value is -5.77. The first-order valence-corrected chi connectivity index (χ1v) is 17.4. The predicted octanol–water partition coefficient (Wildman–Crippen LogP) is 0.274. The summed E-state index contributed by atoms with van der Waals surface area (Å²) in [5.41, 5.74) is 0.820. The lowest BCUT2D eigenvalue weighted by Crippen LogP contribution is -2.64. The van der Waals surface area contributed by atoms with Crippen LogP contribution >= 0.6 is 0 Å². The zero-order chi connectivity index (χ0) is 42.7. The predicted molar refractivity (Wildman–Crippen MR) is 192 cm³/mol. The normalized spacial score (nSPS) is 26.8. The first-order valence-electron chi connectivity index (χ1n) is 17.4. The summed E-state index contributed by atoms with van der Waals surface area (Å²) in [4.78, 5) is 61.8. The first kappa shape index (κ1) is 44.9. The summed E-state index contributed by atoms with van der Waals surface area (Å²) < 4.78 is 54.3. The summed E-state index contributed by atoms with van der Waals surface area (Å²) in [6, 6.07) is 8.44. The zero-order valence-electron chi connectivity index (χ0n) is 31.9. The highest BCUT2D eigenvalue weighted by atomic mass is 16.8. The van der Waals surface area contributed by atoms with Gasteiger partial charge in [0.25, 0.3) is 0 Å². The number of ether oxygens (including phenoxy) is 10. The van der Waals surface area contributed by atoms with Crippen molar-refractivity contribution in [3.05, 3.63) is 59.7 Å². The minimum Gasteiger partial charge on any atom is -0.504 e. The van der Waals surface area contributed by atoms with Gasteiger partial charge in [-0.25, -0.2) is 9.59 Å². The molecule has 58 heavy (non-hydrogen) atoms. The van der Waals surface area contributed by atoms with Crippen LogP contribution < -0.4 is 9.47 Å². The molecule has 2 heterocycles. The molecule has 20 heteroatoms. The van der Waals surface area contributed by atoms with Crippen LogP contribution in [0.5, 0.6) is 23.0 Å². The van der Waals surface area contributed by atoms with Gasteiger partial charge in [-0.05, 0) is 47.5 Å². The maximum absolute atomic E-state index is 13.3. The minimum atomic E-state index is -2.62. The van der Waals surface area contributed by atoms with E-state index >= 15 is 0 Å². The second-order valence-electron chi connectivity index (χ2n) is 12.7. The fourth-order valence-corrected chi connectivity index (χ4v) is 5.87. The molecule has 2 aromatic rings. The highest BCUT2D eigenvalue weighted by Crippen LogP contribution is 2.39. The second kappa shape index (κ2) is 20.1. The van der Waals surface area contributed by atoms with Crippen molar-refractivity contribution in [3.63, 3.8) is 0 Å². The van der Waals surface area contributed by atoms with Crippen LogP contribution in [0, 0.1) is 0 Å². The molecule has 0 unspecified atom stereocenters. The summed E-state index contributed by atoms with van der Waals surface area (Å²) in [5, 5.41) is 53.4. The minimum absolute atomic E-state index is 0.0952. The average Bonchev–Trinajstić information content (AvgIpc) is 3.43. The SMILES string of the molecule is COc1cc(C=CC(=O)OC[C@H]2O[C@](CO)(O[C@H]3O[C@@H](COC(C)=O)[C@@H](OC(C)=O)[C@H](O)[C@H]3OC(C)=O)[C@@H](OC(=O)C=Cc3ccc(O)c(OC)c3)[C@@H]2O)ccc1O. The molecule has 0 aromatic heterocycles. The average molecular weight is 821 g/mol. The van der Waals surface area contributed by atoms with Gasteiger partial charge in [0.2, 0.25) is 12.1 Å². The van der Waals surface area contributed by atoms with E-state index in [0.29, 0.717) is 11.1 Å². The summed E-state index contributed by atoms with van der Waals surface area (Å²) in [5.74, 6) is -7.41. The number of aromatic hydroxyl groups is 2. The van der Waals surface area contributed by atoms with Crippen molar-refractivity contribution in [2.75, 3.05) is 34.0 Å². The smallest absolute Gasteiger partial charge is 0.331 e. The van der Waals surface area contributed by atoms with Gasteiger partial charge >= 0.3 is 29.8 Å². The van der Waals surface area contributed by atoms with E-state index in [9.17, 15) is 49.5 Å². The molecule has 2 fully saturated rings. The standard InChI is InChI=1S/C38H44O20/c1-19(40)51-17-29-34(53-20(2)41)33(48)35(54-21(3)42)37(55-29)58-38(18-39)36(56-31(46)13-9-23-7-11-25(44)27(15-23)50-5)32(47)28(57-38)16-52-30(45)12-8-22-6-10-24(43)26(14-22)49-4/h6-15,28-29,32-37,39,43-44,47-48H,16-18H2,1-5H3/t28-,29+,32-,33+,34-,35-,36+,37-,38-/m1/s1. The fraction of sp³-hybridized carbons (Fsp3) is 0.447. The van der Waals surface area contributed by atoms with E-state index in [2.05, 4.69) is 0 Å². The van der Waals surface area contributed by atoms with Gasteiger partial charge in [-0.1, -0.05) is 12.1 Å². The Morgan fingerprint density at radius 3 is 1.76 bits per heavy atom. The molecular formula is C38H44O20. The van der Waals surface area contributed by atoms with Gasteiger partial charge in [0.15, 0.2) is 41.3 Å². The number of aliphatic hydroxyl groups excluding tert-OH is 3. The lowest BCUT2D eigenvalue weighted by Gasteiger charge is -2.45. The number of hydrogen-bond acceptors (Lipinski definition) is 20. The van der Waals surface area contributed by atoms with Gasteiger partial charge in [0.05, 0.1) is 14.2 Å². The van der Waals surface area contributed by atoms with Gasteiger partial charge in [-0.2, -0.15) is 0 Å². The van der Waals surface area contributed by atoms with Gasteiger partial charge in [0, 0.05) is 32.9 Å². The van der Waals surface area contributed by atoms with Crippen LogP contribution in [0.25, 0.3) is 12.2 Å². The Morgan fingerprint density at radius 1 is 0.707 bits per heavy atom. The first-order chi connectivity index (χ1) is 27.5. The maximum atomic E-state index is 13.3. The highest BCUT2D eigenvalue weighted by Gasteiger charge is 2.62. The largest absolute Gasteiger partial charge is 0.504 e. The number of carbonyl (C=O) groups is 5. The van der Waals surface area contributed by atoms with Crippen LogP contribution in [0.15, 0.2) is 48.6 Å². The molecule has 4 rings (SSSR count). The number of benzene rings is 2. The Balaban J connectivity index is 1.65. The third-order valence-corrected chi connectivity index (χ3v) is 8.55. The summed E-state index contributed by atoms with van der Waals surface area (Å²) in [6.45, 7) is 0.496. The zero-order valence-corrected chi connectivity index (χ0v) is 31.9. The molecule has 0 radical (unpaired) electrons. The third kappa shape index (κ3) is 11.4. The molecule has 2 aliphatic rings. The second-order valence-corrected chi connectivity index (χ2v) is 12.7. The molecular weight excluding hydrogens is 776 g/mol. The number of phenols is 2. The summed E-state index contributed by atoms with van der Waals surface area (Å²) in [7, 11) is 2.66. The summed E-state index contributed by atoms with van der Waals surface area (Å²) in [6.07, 6.45) is -9.72. The quantitative estimate of drug-likeness (QED) is 0.0863. The van der Waals surface area contributed by atoms with E-state index in [1.807, 2.05) is 0 Å². The molecule has 9 atom stereocenters. The molecule has 20 nitrogen and oxygen atoms in total. The van der Waals surface area contributed by atoms with Gasteiger partial charge < -0.3 is 72.9 Å². The van der Waals surface area contributed by atoms with E-state index in [-0.39, 0.29) is 23.0 Å². The van der Waals surface area contributed by atoms with Crippen molar-refractivity contribution in [1.29, 1.82) is 0 Å². The van der Waals surface area contributed by atoms with Crippen LogP contribution in [0.1, 0.15) is 31.9 Å². The lowest BCUT2D eigenvalue weighted by molar-refractivity contribution is -0.384. The molecule has 0 aliphatic carbocycles. The van der Waals surface area contributed by atoms with E-state index in [1.54, 1.807) is 0 Å². The number of aliphatic hydroxyl groups is 3. The van der Waals surface area contributed by atoms with Crippen LogP contribution in [0.4, 0.5) is 0 Å². The van der Waals surface area contributed by atoms with Crippen molar-refractivity contribution in [2.45, 2.75) is 75.6 Å². The number of rotatable bonds is 16. The van der Waals surface area contributed by atoms with Crippen LogP contribution in [-0.2, 0) is 61.9 Å². The summed E-state index contributed by atoms with van der Waals surface area (Å²) >= 11 is 0. The van der Waals surface area contributed by atoms with Crippen LogP contribution in [0.3, 0.4) is 0 Å². The Kier molecular flexibility index (Phi) is 15.6. The molecule has 5 N–H and O–H groups in total. The molecule has 2 saturated heterocycles. The van der Waals surface area contributed by atoms with Crippen molar-refractivity contribution < 1.29 is 96.9 Å². The molecule has 0 amide bonds. The van der Waals surface area contributed by atoms with E-state index < -0.39 is 104 Å². The molecule has 0 saturated carbocycles. The number of phenolic OH excluding ortho intramolecular Hbond substituents is 2. The Labute approximate surface area is 331 Å². The van der Waals surface area contributed by atoms with Gasteiger partial charge in [-0.3, -0.25) is 14.4 Å². The van der Waals surface area contributed by atoms with Crippen LogP contribution in [0.2, 0.25) is 0 Å². The van der Waals surface area contributed by atoms with Gasteiger partial charge in [-0.15, -0.1) is 0 Å². The third-order valence-electron chi connectivity index (χ3n) is 8.55. The van der Waals surface area contributed by atoms with Crippen molar-refractivity contribution >= 4 is 42.0 Å². The molecule has 2 aliphatic heterocycles. The van der Waals surface area contributed by atoms with Gasteiger partial charge in [0.1, 0.15) is 44.2 Å². The highest BCUT2D eigenvalue weighted by molar-refractivity contribution is 5.88. The fourth-order valence-electron chi connectivity index (χ4n) is 5.87. The maximum Gasteiger partial charge on any atom is 0.331 e.